The number of aryl methyl sites for hydroxylation is 1. The van der Waals surface area contributed by atoms with Crippen molar-refractivity contribution in [2.75, 3.05) is 13.7 Å². The van der Waals surface area contributed by atoms with E-state index in [0.29, 0.717) is 19.0 Å². The van der Waals surface area contributed by atoms with Gasteiger partial charge in [0.15, 0.2) is 5.76 Å². The zero-order valence-electron chi connectivity index (χ0n) is 16.1. The van der Waals surface area contributed by atoms with E-state index in [1.165, 1.54) is 18.5 Å². The van der Waals surface area contributed by atoms with Crippen LogP contribution in [0.15, 0.2) is 16.8 Å². The van der Waals surface area contributed by atoms with Crippen LogP contribution in [-0.4, -0.2) is 40.6 Å². The standard InChI is InChI=1S/C20H28N4O3/c1-13-10-18(27-23-13)17-12-22-24(19(17)14-6-7-14)9-8-21-20(25)15-4-3-5-16(11-15)26-2/h10,12,14-16H,3-9,11H2,1-2H3,(H,21,25). The van der Waals surface area contributed by atoms with Crippen LogP contribution in [0.4, 0.5) is 0 Å². The molecule has 0 aromatic carbocycles. The molecule has 146 valence electrons. The Morgan fingerprint density at radius 3 is 2.93 bits per heavy atom. The van der Waals surface area contributed by atoms with E-state index < -0.39 is 0 Å². The second kappa shape index (κ2) is 7.84. The number of aromatic nitrogens is 3. The fourth-order valence-corrected chi connectivity index (χ4v) is 4.07. The first-order valence-corrected chi connectivity index (χ1v) is 9.95. The van der Waals surface area contributed by atoms with E-state index in [4.69, 9.17) is 9.26 Å². The normalized spacial score (nSPS) is 22.7. The van der Waals surface area contributed by atoms with Crippen LogP contribution in [0.1, 0.15) is 55.8 Å². The second-order valence-corrected chi connectivity index (χ2v) is 7.79. The summed E-state index contributed by atoms with van der Waals surface area (Å²) in [4.78, 5) is 12.5. The molecule has 4 rings (SSSR count). The first-order chi connectivity index (χ1) is 13.2. The lowest BCUT2D eigenvalue weighted by atomic mass is 9.86. The minimum atomic E-state index is 0.0666. The van der Waals surface area contributed by atoms with Crippen LogP contribution in [0.5, 0.6) is 0 Å². The summed E-state index contributed by atoms with van der Waals surface area (Å²) in [6, 6.07) is 1.95. The fourth-order valence-electron chi connectivity index (χ4n) is 4.07. The summed E-state index contributed by atoms with van der Waals surface area (Å²) in [7, 11) is 1.73. The number of hydrogen-bond donors (Lipinski definition) is 1. The molecule has 2 atom stereocenters. The van der Waals surface area contributed by atoms with Crippen molar-refractivity contribution in [3.8, 4) is 11.3 Å². The topological polar surface area (TPSA) is 82.2 Å². The molecule has 0 radical (unpaired) electrons. The van der Waals surface area contributed by atoms with Crippen molar-refractivity contribution < 1.29 is 14.1 Å². The molecule has 0 saturated heterocycles. The zero-order valence-corrected chi connectivity index (χ0v) is 16.1. The van der Waals surface area contributed by atoms with Gasteiger partial charge in [0.2, 0.25) is 5.91 Å². The highest BCUT2D eigenvalue weighted by molar-refractivity contribution is 5.78. The van der Waals surface area contributed by atoms with Crippen molar-refractivity contribution in [3.05, 3.63) is 23.7 Å². The Morgan fingerprint density at radius 2 is 2.22 bits per heavy atom. The third kappa shape index (κ3) is 4.08. The van der Waals surface area contributed by atoms with E-state index >= 15 is 0 Å². The number of rotatable bonds is 7. The molecule has 27 heavy (non-hydrogen) atoms. The van der Waals surface area contributed by atoms with E-state index in [2.05, 4.69) is 15.6 Å². The summed E-state index contributed by atoms with van der Waals surface area (Å²) < 4.78 is 12.9. The maximum atomic E-state index is 12.5. The number of ether oxygens (including phenoxy) is 1. The van der Waals surface area contributed by atoms with Gasteiger partial charge in [-0.3, -0.25) is 9.48 Å². The van der Waals surface area contributed by atoms with Gasteiger partial charge in [-0.2, -0.15) is 5.10 Å². The quantitative estimate of drug-likeness (QED) is 0.808. The third-order valence-electron chi connectivity index (χ3n) is 5.69. The predicted octanol–water partition coefficient (Wildman–Crippen LogP) is 3.05. The van der Waals surface area contributed by atoms with Crippen LogP contribution >= 0.6 is 0 Å². The lowest BCUT2D eigenvalue weighted by Crippen LogP contribution is -2.37. The summed E-state index contributed by atoms with van der Waals surface area (Å²) >= 11 is 0. The molecule has 1 amide bonds. The number of nitrogens with one attached hydrogen (secondary N) is 1. The van der Waals surface area contributed by atoms with Crippen molar-refractivity contribution in [1.29, 1.82) is 0 Å². The van der Waals surface area contributed by atoms with Gasteiger partial charge >= 0.3 is 0 Å². The Labute approximate surface area is 159 Å². The lowest BCUT2D eigenvalue weighted by Gasteiger charge is -2.27. The van der Waals surface area contributed by atoms with Gasteiger partial charge in [0.1, 0.15) is 0 Å². The Bertz CT molecular complexity index is 793. The molecule has 2 aliphatic rings. The Morgan fingerprint density at radius 1 is 1.37 bits per heavy atom. The maximum absolute atomic E-state index is 12.5. The second-order valence-electron chi connectivity index (χ2n) is 7.79. The van der Waals surface area contributed by atoms with Crippen LogP contribution in [-0.2, 0) is 16.1 Å². The zero-order chi connectivity index (χ0) is 18.8. The van der Waals surface area contributed by atoms with Gasteiger partial charge < -0.3 is 14.6 Å². The molecule has 2 aliphatic carbocycles. The lowest BCUT2D eigenvalue weighted by molar-refractivity contribution is -0.127. The molecule has 0 aliphatic heterocycles. The molecule has 0 bridgehead atoms. The molecule has 2 heterocycles. The fraction of sp³-hybridized carbons (Fsp3) is 0.650. The highest BCUT2D eigenvalue weighted by Crippen LogP contribution is 2.44. The van der Waals surface area contributed by atoms with E-state index in [9.17, 15) is 4.79 Å². The molecule has 1 N–H and O–H groups in total. The van der Waals surface area contributed by atoms with Crippen LogP contribution < -0.4 is 5.32 Å². The van der Waals surface area contributed by atoms with E-state index in [-0.39, 0.29) is 17.9 Å². The first-order valence-electron chi connectivity index (χ1n) is 9.95. The Kier molecular flexibility index (Phi) is 5.29. The van der Waals surface area contributed by atoms with Crippen molar-refractivity contribution in [2.24, 2.45) is 5.92 Å². The van der Waals surface area contributed by atoms with Crippen LogP contribution in [0.2, 0.25) is 0 Å². The highest BCUT2D eigenvalue weighted by atomic mass is 16.5. The van der Waals surface area contributed by atoms with Gasteiger partial charge in [-0.05, 0) is 39.0 Å². The smallest absolute Gasteiger partial charge is 0.223 e. The van der Waals surface area contributed by atoms with E-state index in [0.717, 1.165) is 42.7 Å². The van der Waals surface area contributed by atoms with Crippen LogP contribution in [0, 0.1) is 12.8 Å². The molecular weight excluding hydrogens is 344 g/mol. The highest BCUT2D eigenvalue weighted by Gasteiger charge is 2.32. The number of hydrogen-bond acceptors (Lipinski definition) is 5. The summed E-state index contributed by atoms with van der Waals surface area (Å²) in [6.45, 7) is 3.18. The minimum absolute atomic E-state index is 0.0666. The van der Waals surface area contributed by atoms with Crippen LogP contribution in [0.25, 0.3) is 11.3 Å². The summed E-state index contributed by atoms with van der Waals surface area (Å²) in [5, 5.41) is 11.6. The summed E-state index contributed by atoms with van der Waals surface area (Å²) in [5.74, 6) is 1.52. The SMILES string of the molecule is COC1CCCC(C(=O)NCCn2ncc(-c3cc(C)no3)c2C2CC2)C1. The average molecular weight is 372 g/mol. The Hall–Kier alpha value is -2.15. The number of carbonyl (C=O) groups excluding carboxylic acids is 1. The predicted molar refractivity (Wildman–Crippen MR) is 100 cm³/mol. The molecule has 7 nitrogen and oxygen atoms in total. The molecule has 2 unspecified atom stereocenters. The molecule has 2 fully saturated rings. The molecule has 7 heteroatoms. The van der Waals surface area contributed by atoms with Gasteiger partial charge in [0.05, 0.1) is 35.8 Å². The van der Waals surface area contributed by atoms with Crippen molar-refractivity contribution in [3.63, 3.8) is 0 Å². The van der Waals surface area contributed by atoms with Gasteiger partial charge in [-0.1, -0.05) is 11.6 Å². The summed E-state index contributed by atoms with van der Waals surface area (Å²) in [6.07, 6.45) is 8.33. The van der Waals surface area contributed by atoms with Crippen molar-refractivity contribution in [2.45, 2.75) is 64.0 Å². The van der Waals surface area contributed by atoms with Crippen molar-refractivity contribution in [1.82, 2.24) is 20.3 Å². The number of carbonyl (C=O) groups is 1. The number of nitrogens with zero attached hydrogens (tertiary/aromatic N) is 3. The van der Waals surface area contributed by atoms with E-state index in [1.807, 2.05) is 23.9 Å². The van der Waals surface area contributed by atoms with Gasteiger partial charge in [0, 0.05) is 31.6 Å². The monoisotopic (exact) mass is 372 g/mol. The summed E-state index contributed by atoms with van der Waals surface area (Å²) in [5.41, 5.74) is 3.10. The maximum Gasteiger partial charge on any atom is 0.223 e. The first kappa shape index (κ1) is 18.2. The average Bonchev–Trinajstić information content (AvgIpc) is 3.30. The van der Waals surface area contributed by atoms with Crippen LogP contribution in [0.3, 0.4) is 0 Å². The van der Waals surface area contributed by atoms with E-state index in [1.54, 1.807) is 7.11 Å². The molecule has 2 aromatic heterocycles. The minimum Gasteiger partial charge on any atom is -0.381 e. The largest absolute Gasteiger partial charge is 0.381 e. The molecule has 2 aromatic rings. The Balaban J connectivity index is 1.37. The van der Waals surface area contributed by atoms with Gasteiger partial charge in [-0.15, -0.1) is 0 Å². The number of methoxy groups -OCH3 is 1. The van der Waals surface area contributed by atoms with Gasteiger partial charge in [-0.25, -0.2) is 0 Å². The molecular formula is C20H28N4O3. The van der Waals surface area contributed by atoms with Crippen molar-refractivity contribution >= 4 is 5.91 Å². The third-order valence-corrected chi connectivity index (χ3v) is 5.69. The molecule has 2 saturated carbocycles. The van der Waals surface area contributed by atoms with Gasteiger partial charge in [0.25, 0.3) is 0 Å². The number of amides is 1. The molecule has 0 spiro atoms.